The zero-order valence-electron chi connectivity index (χ0n) is 20.3. The number of rotatable bonds is 9. The predicted molar refractivity (Wildman–Crippen MR) is 128 cm³/mol. The molecule has 2 amide bonds. The van der Waals surface area contributed by atoms with E-state index in [4.69, 9.17) is 9.47 Å². The van der Waals surface area contributed by atoms with E-state index in [1.807, 2.05) is 30.3 Å². The van der Waals surface area contributed by atoms with E-state index in [9.17, 15) is 19.5 Å². The van der Waals surface area contributed by atoms with Crippen LogP contribution in [0.3, 0.4) is 0 Å². The second kappa shape index (κ2) is 12.1. The Kier molecular flexibility index (Phi) is 9.47. The van der Waals surface area contributed by atoms with Crippen LogP contribution < -0.4 is 10.6 Å². The fourth-order valence-corrected chi connectivity index (χ4v) is 3.12. The van der Waals surface area contributed by atoms with Gasteiger partial charge < -0.3 is 25.2 Å². The van der Waals surface area contributed by atoms with E-state index in [0.717, 1.165) is 11.1 Å². The van der Waals surface area contributed by atoms with Crippen molar-refractivity contribution in [1.29, 1.82) is 0 Å². The van der Waals surface area contributed by atoms with Crippen LogP contribution in [0.1, 0.15) is 45.7 Å². The van der Waals surface area contributed by atoms with Crippen molar-refractivity contribution in [2.24, 2.45) is 5.92 Å². The molecule has 0 radical (unpaired) electrons. The van der Waals surface area contributed by atoms with E-state index in [1.54, 1.807) is 46.8 Å². The Morgan fingerprint density at radius 3 is 2.09 bits per heavy atom. The van der Waals surface area contributed by atoms with Gasteiger partial charge in [0.1, 0.15) is 30.0 Å². The highest BCUT2D eigenvalue weighted by atomic mass is 16.6. The van der Waals surface area contributed by atoms with Crippen molar-refractivity contribution in [2.75, 3.05) is 0 Å². The molecule has 0 fully saturated rings. The molecule has 2 aromatic carbocycles. The molecule has 0 spiro atoms. The molecule has 0 aliphatic carbocycles. The lowest BCUT2D eigenvalue weighted by Crippen LogP contribution is -2.55. The number of amides is 2. The molecular formula is C26H34N2O6. The summed E-state index contributed by atoms with van der Waals surface area (Å²) in [6.07, 6.45) is -0.570. The van der Waals surface area contributed by atoms with Gasteiger partial charge in [0.15, 0.2) is 0 Å². The average molecular weight is 471 g/mol. The minimum atomic E-state index is -0.998. The van der Waals surface area contributed by atoms with Crippen LogP contribution in [-0.2, 0) is 32.1 Å². The summed E-state index contributed by atoms with van der Waals surface area (Å²) in [5, 5.41) is 14.8. The summed E-state index contributed by atoms with van der Waals surface area (Å²) in [5.74, 6) is -1.30. The number of phenols is 1. The minimum Gasteiger partial charge on any atom is -0.508 e. The smallest absolute Gasteiger partial charge is 0.408 e. The van der Waals surface area contributed by atoms with Crippen LogP contribution in [0.15, 0.2) is 54.6 Å². The van der Waals surface area contributed by atoms with Crippen LogP contribution in [-0.4, -0.2) is 40.8 Å². The normalized spacial score (nSPS) is 13.0. The van der Waals surface area contributed by atoms with Gasteiger partial charge in [-0.05, 0) is 49.9 Å². The maximum Gasteiger partial charge on any atom is 0.408 e. The Balaban J connectivity index is 2.15. The van der Waals surface area contributed by atoms with Crippen molar-refractivity contribution in [3.05, 3.63) is 65.7 Å². The summed E-state index contributed by atoms with van der Waals surface area (Å²) in [5.41, 5.74) is 0.822. The first-order valence-corrected chi connectivity index (χ1v) is 11.2. The number of ether oxygens (including phenoxy) is 2. The first kappa shape index (κ1) is 26.7. The Morgan fingerprint density at radius 1 is 0.912 bits per heavy atom. The monoisotopic (exact) mass is 470 g/mol. The van der Waals surface area contributed by atoms with E-state index >= 15 is 0 Å². The van der Waals surface area contributed by atoms with Crippen LogP contribution in [0.5, 0.6) is 5.75 Å². The molecule has 34 heavy (non-hydrogen) atoms. The summed E-state index contributed by atoms with van der Waals surface area (Å²) in [6.45, 7) is 8.81. The van der Waals surface area contributed by atoms with E-state index in [2.05, 4.69) is 10.6 Å². The molecule has 0 aliphatic rings. The first-order chi connectivity index (χ1) is 15.9. The molecule has 2 aromatic rings. The maximum atomic E-state index is 13.1. The van der Waals surface area contributed by atoms with E-state index in [1.165, 1.54) is 12.1 Å². The van der Waals surface area contributed by atoms with Crippen molar-refractivity contribution in [3.63, 3.8) is 0 Å². The van der Waals surface area contributed by atoms with Crippen molar-refractivity contribution >= 4 is 18.0 Å². The van der Waals surface area contributed by atoms with Gasteiger partial charge in [0.05, 0.1) is 0 Å². The Labute approximate surface area is 200 Å². The van der Waals surface area contributed by atoms with Crippen LogP contribution in [0.25, 0.3) is 0 Å². The SMILES string of the molecule is CC(C)[C@H](NC(=O)OC(C)(C)C)C(=O)N[C@@H](Cc1ccc(O)cc1)C(=O)OCc1ccccc1. The standard InChI is InChI=1S/C26H34N2O6/c1-17(2)22(28-25(32)34-26(3,4)5)23(30)27-21(15-18-11-13-20(29)14-12-18)24(31)33-16-19-9-7-6-8-10-19/h6-14,17,21-22,29H,15-16H2,1-5H3,(H,27,30)(H,28,32)/t21-,22-/m0/s1. The molecular weight excluding hydrogens is 436 g/mol. The Hall–Kier alpha value is -3.55. The largest absolute Gasteiger partial charge is 0.508 e. The number of esters is 1. The topological polar surface area (TPSA) is 114 Å². The van der Waals surface area contributed by atoms with Crippen molar-refractivity contribution in [1.82, 2.24) is 10.6 Å². The number of aromatic hydroxyl groups is 1. The van der Waals surface area contributed by atoms with Crippen LogP contribution in [0.2, 0.25) is 0 Å². The maximum absolute atomic E-state index is 13.1. The molecule has 0 aliphatic heterocycles. The van der Waals surface area contributed by atoms with Crippen LogP contribution in [0.4, 0.5) is 4.79 Å². The van der Waals surface area contributed by atoms with Gasteiger partial charge in [0, 0.05) is 6.42 Å². The predicted octanol–water partition coefficient (Wildman–Crippen LogP) is 3.71. The number of benzene rings is 2. The molecule has 0 bridgehead atoms. The molecule has 2 atom stereocenters. The molecule has 184 valence electrons. The molecule has 3 N–H and O–H groups in total. The number of hydrogen-bond donors (Lipinski definition) is 3. The number of nitrogens with one attached hydrogen (secondary N) is 2. The minimum absolute atomic E-state index is 0.0609. The average Bonchev–Trinajstić information content (AvgIpc) is 2.76. The summed E-state index contributed by atoms with van der Waals surface area (Å²) in [6, 6.07) is 13.6. The number of alkyl carbamates (subject to hydrolysis) is 1. The number of hydrogen-bond acceptors (Lipinski definition) is 6. The highest BCUT2D eigenvalue weighted by Gasteiger charge is 2.31. The lowest BCUT2D eigenvalue weighted by Gasteiger charge is -2.27. The van der Waals surface area contributed by atoms with E-state index in [0.29, 0.717) is 0 Å². The highest BCUT2D eigenvalue weighted by molar-refractivity contribution is 5.90. The third kappa shape index (κ3) is 9.13. The van der Waals surface area contributed by atoms with Gasteiger partial charge in [-0.2, -0.15) is 0 Å². The Morgan fingerprint density at radius 2 is 1.53 bits per heavy atom. The molecule has 8 nitrogen and oxygen atoms in total. The van der Waals surface area contributed by atoms with Gasteiger partial charge in [-0.3, -0.25) is 4.79 Å². The number of carbonyl (C=O) groups excluding carboxylic acids is 3. The fraction of sp³-hybridized carbons (Fsp3) is 0.423. The van der Waals surface area contributed by atoms with Gasteiger partial charge in [0.2, 0.25) is 5.91 Å². The third-order valence-electron chi connectivity index (χ3n) is 4.82. The molecule has 2 rings (SSSR count). The second-order valence-corrected chi connectivity index (χ2v) is 9.39. The molecule has 8 heteroatoms. The van der Waals surface area contributed by atoms with Gasteiger partial charge in [-0.15, -0.1) is 0 Å². The molecule has 0 saturated heterocycles. The van der Waals surface area contributed by atoms with Crippen molar-refractivity contribution in [2.45, 2.75) is 65.3 Å². The van der Waals surface area contributed by atoms with Gasteiger partial charge in [-0.1, -0.05) is 56.3 Å². The molecule has 0 aromatic heterocycles. The van der Waals surface area contributed by atoms with Gasteiger partial charge in [0.25, 0.3) is 0 Å². The molecule has 0 heterocycles. The van der Waals surface area contributed by atoms with E-state index in [-0.39, 0.29) is 24.7 Å². The zero-order valence-corrected chi connectivity index (χ0v) is 20.3. The fourth-order valence-electron chi connectivity index (χ4n) is 3.12. The van der Waals surface area contributed by atoms with Crippen molar-refractivity contribution < 1.29 is 29.0 Å². The zero-order chi connectivity index (χ0) is 25.3. The molecule has 0 saturated carbocycles. The van der Waals surface area contributed by atoms with Crippen LogP contribution >= 0.6 is 0 Å². The number of carbonyl (C=O) groups is 3. The Bertz CT molecular complexity index is 952. The summed E-state index contributed by atoms with van der Waals surface area (Å²) >= 11 is 0. The quantitative estimate of drug-likeness (QED) is 0.482. The number of phenolic OH excluding ortho intramolecular Hbond substituents is 1. The summed E-state index contributed by atoms with van der Waals surface area (Å²) in [7, 11) is 0. The van der Waals surface area contributed by atoms with E-state index < -0.39 is 35.7 Å². The van der Waals surface area contributed by atoms with Gasteiger partial charge in [-0.25, -0.2) is 9.59 Å². The third-order valence-corrected chi connectivity index (χ3v) is 4.82. The lowest BCUT2D eigenvalue weighted by molar-refractivity contribution is -0.149. The highest BCUT2D eigenvalue weighted by Crippen LogP contribution is 2.14. The first-order valence-electron chi connectivity index (χ1n) is 11.2. The van der Waals surface area contributed by atoms with Gasteiger partial charge >= 0.3 is 12.1 Å². The summed E-state index contributed by atoms with van der Waals surface area (Å²) < 4.78 is 10.7. The van der Waals surface area contributed by atoms with Crippen LogP contribution in [0, 0.1) is 5.92 Å². The van der Waals surface area contributed by atoms with Crippen molar-refractivity contribution in [3.8, 4) is 5.75 Å². The molecule has 0 unspecified atom stereocenters. The summed E-state index contributed by atoms with van der Waals surface area (Å²) in [4.78, 5) is 38.3. The lowest BCUT2D eigenvalue weighted by atomic mass is 10.0. The second-order valence-electron chi connectivity index (χ2n) is 9.39.